The molecule has 1 N–H and O–H groups in total. The van der Waals surface area contributed by atoms with E-state index >= 15 is 0 Å². The van der Waals surface area contributed by atoms with E-state index in [1.54, 1.807) is 24.3 Å². The fourth-order valence-corrected chi connectivity index (χ4v) is 3.81. The van der Waals surface area contributed by atoms with Crippen LogP contribution in [0.2, 0.25) is 0 Å². The first kappa shape index (κ1) is 20.9. The SMILES string of the molecule is CC(C)C(Oc1ccccc1C#N)C(=O)N1CCC(C(O)c2ccccc2)CC1. The topological polar surface area (TPSA) is 73.6 Å². The number of carbonyl (C=O) groups is 1. The number of benzene rings is 2. The average molecular weight is 392 g/mol. The molecule has 1 fully saturated rings. The minimum absolute atomic E-state index is 0.0260. The van der Waals surface area contributed by atoms with Gasteiger partial charge in [0.05, 0.1) is 11.7 Å². The number of hydrogen-bond acceptors (Lipinski definition) is 4. The zero-order valence-corrected chi connectivity index (χ0v) is 17.0. The van der Waals surface area contributed by atoms with Gasteiger partial charge in [-0.1, -0.05) is 56.3 Å². The van der Waals surface area contributed by atoms with Crippen molar-refractivity contribution in [2.75, 3.05) is 13.1 Å². The molecule has 3 rings (SSSR count). The first-order chi connectivity index (χ1) is 14.0. The molecule has 1 heterocycles. The van der Waals surface area contributed by atoms with Crippen molar-refractivity contribution < 1.29 is 14.6 Å². The molecule has 1 amide bonds. The van der Waals surface area contributed by atoms with Crippen molar-refractivity contribution in [3.63, 3.8) is 0 Å². The average Bonchev–Trinajstić information content (AvgIpc) is 2.77. The van der Waals surface area contributed by atoms with Crippen LogP contribution in [0.15, 0.2) is 54.6 Å². The maximum atomic E-state index is 13.1. The van der Waals surface area contributed by atoms with Crippen LogP contribution in [0.4, 0.5) is 0 Å². The van der Waals surface area contributed by atoms with E-state index in [2.05, 4.69) is 6.07 Å². The molecule has 1 saturated heterocycles. The Kier molecular flexibility index (Phi) is 6.90. The number of carbonyl (C=O) groups excluding carboxylic acids is 1. The summed E-state index contributed by atoms with van der Waals surface area (Å²) in [4.78, 5) is 15.0. The normalized spacial score (nSPS) is 16.9. The maximum absolute atomic E-state index is 13.1. The lowest BCUT2D eigenvalue weighted by Gasteiger charge is -2.36. The van der Waals surface area contributed by atoms with Crippen LogP contribution in [0.3, 0.4) is 0 Å². The molecule has 2 unspecified atom stereocenters. The fraction of sp³-hybridized carbons (Fsp3) is 0.417. The Morgan fingerprint density at radius 1 is 1.10 bits per heavy atom. The van der Waals surface area contributed by atoms with Crippen molar-refractivity contribution in [1.29, 1.82) is 5.26 Å². The molecule has 0 aromatic heterocycles. The number of amides is 1. The van der Waals surface area contributed by atoms with E-state index in [-0.39, 0.29) is 17.7 Å². The van der Waals surface area contributed by atoms with Crippen LogP contribution in [-0.4, -0.2) is 35.1 Å². The first-order valence-electron chi connectivity index (χ1n) is 10.2. The van der Waals surface area contributed by atoms with Gasteiger partial charge in [0.1, 0.15) is 11.8 Å². The van der Waals surface area contributed by atoms with Gasteiger partial charge < -0.3 is 14.7 Å². The molecule has 152 valence electrons. The van der Waals surface area contributed by atoms with Crippen LogP contribution in [0, 0.1) is 23.2 Å². The molecular formula is C24H28N2O3. The third-order valence-electron chi connectivity index (χ3n) is 5.55. The Bertz CT molecular complexity index is 852. The number of para-hydroxylation sites is 1. The standard InChI is InChI=1S/C24H28N2O3/c1-17(2)23(29-21-11-7-6-10-20(21)16-25)24(28)26-14-12-19(13-15-26)22(27)18-8-4-3-5-9-18/h3-11,17,19,22-23,27H,12-15H2,1-2H3. The number of hydrogen-bond donors (Lipinski definition) is 1. The number of ether oxygens (including phenoxy) is 1. The number of aliphatic hydroxyl groups is 1. The van der Waals surface area contributed by atoms with E-state index < -0.39 is 12.2 Å². The molecular weight excluding hydrogens is 364 g/mol. The van der Waals surface area contributed by atoms with E-state index in [0.29, 0.717) is 24.4 Å². The number of nitrogens with zero attached hydrogens (tertiary/aromatic N) is 2. The smallest absolute Gasteiger partial charge is 0.263 e. The molecule has 1 aliphatic heterocycles. The van der Waals surface area contributed by atoms with Crippen LogP contribution in [0.5, 0.6) is 5.75 Å². The van der Waals surface area contributed by atoms with Gasteiger partial charge in [0.15, 0.2) is 6.10 Å². The highest BCUT2D eigenvalue weighted by atomic mass is 16.5. The molecule has 5 nitrogen and oxygen atoms in total. The quantitative estimate of drug-likeness (QED) is 0.808. The highest BCUT2D eigenvalue weighted by molar-refractivity contribution is 5.81. The highest BCUT2D eigenvalue weighted by Crippen LogP contribution is 2.31. The molecule has 0 radical (unpaired) electrons. The molecule has 2 atom stereocenters. The van der Waals surface area contributed by atoms with Crippen LogP contribution < -0.4 is 4.74 Å². The largest absolute Gasteiger partial charge is 0.479 e. The minimum Gasteiger partial charge on any atom is -0.479 e. The number of rotatable bonds is 6. The first-order valence-corrected chi connectivity index (χ1v) is 10.2. The lowest BCUT2D eigenvalue weighted by Crippen LogP contribution is -2.48. The lowest BCUT2D eigenvalue weighted by molar-refractivity contribution is -0.142. The minimum atomic E-state index is -0.639. The molecule has 0 spiro atoms. The van der Waals surface area contributed by atoms with Crippen LogP contribution in [-0.2, 0) is 4.79 Å². The third-order valence-corrected chi connectivity index (χ3v) is 5.55. The summed E-state index contributed by atoms with van der Waals surface area (Å²) in [5.74, 6) is 0.498. The van der Waals surface area contributed by atoms with Crippen molar-refractivity contribution >= 4 is 5.91 Å². The number of piperidine rings is 1. The molecule has 2 aromatic rings. The predicted molar refractivity (Wildman–Crippen MR) is 111 cm³/mol. The van der Waals surface area contributed by atoms with Gasteiger partial charge in [0.25, 0.3) is 5.91 Å². The van der Waals surface area contributed by atoms with Crippen molar-refractivity contribution in [2.45, 2.75) is 38.9 Å². The van der Waals surface area contributed by atoms with Gasteiger partial charge in [0.2, 0.25) is 0 Å². The molecule has 2 aromatic carbocycles. The summed E-state index contributed by atoms with van der Waals surface area (Å²) in [6.45, 7) is 5.09. The second-order valence-electron chi connectivity index (χ2n) is 7.91. The Morgan fingerprint density at radius 3 is 2.34 bits per heavy atom. The molecule has 5 heteroatoms. The Hall–Kier alpha value is -2.84. The monoisotopic (exact) mass is 392 g/mol. The van der Waals surface area contributed by atoms with E-state index in [1.807, 2.05) is 49.1 Å². The molecule has 1 aliphatic rings. The predicted octanol–water partition coefficient (Wildman–Crippen LogP) is 3.93. The highest BCUT2D eigenvalue weighted by Gasteiger charge is 2.34. The molecule has 29 heavy (non-hydrogen) atoms. The Morgan fingerprint density at radius 2 is 1.72 bits per heavy atom. The Balaban J connectivity index is 1.64. The summed E-state index contributed by atoms with van der Waals surface area (Å²) in [7, 11) is 0. The van der Waals surface area contributed by atoms with E-state index in [0.717, 1.165) is 18.4 Å². The number of aliphatic hydroxyl groups excluding tert-OH is 1. The Labute approximate surface area is 172 Å². The number of likely N-dealkylation sites (tertiary alicyclic amines) is 1. The van der Waals surface area contributed by atoms with Gasteiger partial charge in [0, 0.05) is 13.1 Å². The number of nitriles is 1. The van der Waals surface area contributed by atoms with E-state index in [9.17, 15) is 15.2 Å². The molecule has 0 bridgehead atoms. The van der Waals surface area contributed by atoms with E-state index in [1.165, 1.54) is 0 Å². The zero-order chi connectivity index (χ0) is 20.8. The molecule has 0 aliphatic carbocycles. The fourth-order valence-electron chi connectivity index (χ4n) is 3.81. The van der Waals surface area contributed by atoms with Gasteiger partial charge in [-0.05, 0) is 42.4 Å². The summed E-state index contributed by atoms with van der Waals surface area (Å²) in [5, 5.41) is 19.9. The molecule has 0 saturated carbocycles. The summed E-state index contributed by atoms with van der Waals surface area (Å²) >= 11 is 0. The van der Waals surface area contributed by atoms with Crippen molar-refractivity contribution in [1.82, 2.24) is 4.90 Å². The summed E-state index contributed by atoms with van der Waals surface area (Å²) in [6, 6.07) is 18.8. The van der Waals surface area contributed by atoms with Crippen molar-refractivity contribution in [2.24, 2.45) is 11.8 Å². The summed E-state index contributed by atoms with van der Waals surface area (Å²) < 4.78 is 5.99. The van der Waals surface area contributed by atoms with Crippen LogP contribution in [0.25, 0.3) is 0 Å². The van der Waals surface area contributed by atoms with Gasteiger partial charge >= 0.3 is 0 Å². The third kappa shape index (κ3) is 4.96. The second-order valence-corrected chi connectivity index (χ2v) is 7.91. The lowest BCUT2D eigenvalue weighted by atomic mass is 9.87. The van der Waals surface area contributed by atoms with Crippen molar-refractivity contribution in [3.8, 4) is 11.8 Å². The second kappa shape index (κ2) is 9.58. The zero-order valence-electron chi connectivity index (χ0n) is 17.0. The maximum Gasteiger partial charge on any atom is 0.263 e. The summed E-state index contributed by atoms with van der Waals surface area (Å²) in [5.41, 5.74) is 1.35. The van der Waals surface area contributed by atoms with Gasteiger partial charge in [-0.3, -0.25) is 4.79 Å². The van der Waals surface area contributed by atoms with Crippen molar-refractivity contribution in [3.05, 3.63) is 65.7 Å². The van der Waals surface area contributed by atoms with Crippen LogP contribution >= 0.6 is 0 Å². The van der Waals surface area contributed by atoms with Gasteiger partial charge in [-0.25, -0.2) is 0 Å². The van der Waals surface area contributed by atoms with Gasteiger partial charge in [-0.15, -0.1) is 0 Å². The van der Waals surface area contributed by atoms with E-state index in [4.69, 9.17) is 4.74 Å². The summed E-state index contributed by atoms with van der Waals surface area (Å²) in [6.07, 6.45) is 0.358. The van der Waals surface area contributed by atoms with Gasteiger partial charge in [-0.2, -0.15) is 5.26 Å². The van der Waals surface area contributed by atoms with Crippen LogP contribution in [0.1, 0.15) is 43.9 Å².